The number of halogens is 1. The molecule has 0 aliphatic carbocycles. The third-order valence-corrected chi connectivity index (χ3v) is 5.96. The minimum Gasteiger partial charge on any atom is -0.348 e. The molecule has 178 valence electrons. The van der Waals surface area contributed by atoms with Crippen LogP contribution in [0.3, 0.4) is 0 Å². The molecule has 1 N–H and O–H groups in total. The Bertz CT molecular complexity index is 1170. The van der Waals surface area contributed by atoms with Gasteiger partial charge in [-0.15, -0.1) is 5.10 Å². The van der Waals surface area contributed by atoms with Crippen LogP contribution < -0.4 is 5.32 Å². The summed E-state index contributed by atoms with van der Waals surface area (Å²) >= 11 is 0. The van der Waals surface area contributed by atoms with E-state index in [1.807, 2.05) is 24.8 Å². The fourth-order valence-corrected chi connectivity index (χ4v) is 4.15. The smallest absolute Gasteiger partial charge is 0.251 e. The fraction of sp³-hybridized carbons (Fsp3) is 0.375. The number of rotatable bonds is 6. The van der Waals surface area contributed by atoms with E-state index < -0.39 is 0 Å². The molecule has 0 unspecified atom stereocenters. The molecule has 2 amide bonds. The second-order valence-electron chi connectivity index (χ2n) is 8.69. The predicted molar refractivity (Wildman–Crippen MR) is 125 cm³/mol. The molecular formula is C24H28FN7O2. The van der Waals surface area contributed by atoms with Crippen molar-refractivity contribution in [2.24, 2.45) is 0 Å². The molecule has 0 radical (unpaired) electrons. The lowest BCUT2D eigenvalue weighted by atomic mass is 10.00. The summed E-state index contributed by atoms with van der Waals surface area (Å²) in [5.74, 6) is -0.541. The van der Waals surface area contributed by atoms with Gasteiger partial charge in [-0.1, -0.05) is 12.1 Å². The van der Waals surface area contributed by atoms with Gasteiger partial charge >= 0.3 is 0 Å². The number of nitrogens with one attached hydrogen (secondary N) is 1. The highest BCUT2D eigenvalue weighted by Crippen LogP contribution is 2.27. The quantitative estimate of drug-likeness (QED) is 0.599. The van der Waals surface area contributed by atoms with Crippen molar-refractivity contribution in [3.63, 3.8) is 0 Å². The van der Waals surface area contributed by atoms with E-state index >= 15 is 0 Å². The Kier molecular flexibility index (Phi) is 6.97. The minimum atomic E-state index is -0.363. The van der Waals surface area contributed by atoms with Crippen molar-refractivity contribution in [1.82, 2.24) is 35.3 Å². The molecule has 4 rings (SSSR count). The van der Waals surface area contributed by atoms with Crippen LogP contribution in [0.2, 0.25) is 0 Å². The highest BCUT2D eigenvalue weighted by atomic mass is 19.1. The Labute approximate surface area is 197 Å². The van der Waals surface area contributed by atoms with Crippen molar-refractivity contribution in [2.75, 3.05) is 32.7 Å². The summed E-state index contributed by atoms with van der Waals surface area (Å²) in [7, 11) is 0. The summed E-state index contributed by atoms with van der Waals surface area (Å²) < 4.78 is 16.1. The molecule has 1 aromatic heterocycles. The van der Waals surface area contributed by atoms with Crippen molar-refractivity contribution in [2.45, 2.75) is 26.8 Å². The number of hydrogen-bond donors (Lipinski definition) is 1. The average Bonchev–Trinajstić information content (AvgIpc) is 3.34. The van der Waals surface area contributed by atoms with Gasteiger partial charge in [-0.3, -0.25) is 14.5 Å². The highest BCUT2D eigenvalue weighted by molar-refractivity contribution is 5.96. The molecule has 0 spiro atoms. The van der Waals surface area contributed by atoms with Gasteiger partial charge in [-0.25, -0.2) is 9.07 Å². The van der Waals surface area contributed by atoms with Crippen LogP contribution >= 0.6 is 0 Å². The number of hydrogen-bond acceptors (Lipinski definition) is 6. The molecule has 34 heavy (non-hydrogen) atoms. The molecule has 3 aromatic rings. The first-order valence-electron chi connectivity index (χ1n) is 11.2. The van der Waals surface area contributed by atoms with Crippen molar-refractivity contribution in [1.29, 1.82) is 0 Å². The van der Waals surface area contributed by atoms with Crippen LogP contribution in [0, 0.1) is 12.7 Å². The number of amides is 2. The summed E-state index contributed by atoms with van der Waals surface area (Å²) in [5, 5.41) is 14.3. The molecule has 1 aliphatic heterocycles. The molecule has 1 aliphatic rings. The van der Waals surface area contributed by atoms with Crippen LogP contribution in [0.4, 0.5) is 4.39 Å². The Balaban J connectivity index is 1.52. The third-order valence-electron chi connectivity index (χ3n) is 5.96. The van der Waals surface area contributed by atoms with Crippen molar-refractivity contribution < 1.29 is 14.0 Å². The molecule has 0 saturated carbocycles. The van der Waals surface area contributed by atoms with Crippen molar-refractivity contribution >= 4 is 11.8 Å². The van der Waals surface area contributed by atoms with Gasteiger partial charge < -0.3 is 10.2 Å². The first-order chi connectivity index (χ1) is 16.3. The summed E-state index contributed by atoms with van der Waals surface area (Å²) in [4.78, 5) is 28.7. The Hall–Kier alpha value is -3.66. The van der Waals surface area contributed by atoms with Gasteiger partial charge in [0.2, 0.25) is 5.91 Å². The van der Waals surface area contributed by atoms with Crippen LogP contribution in [-0.4, -0.2) is 80.6 Å². The topological polar surface area (TPSA) is 96.2 Å². The number of tetrazole rings is 1. The normalized spacial score (nSPS) is 15.2. The minimum absolute atomic E-state index is 0.0873. The van der Waals surface area contributed by atoms with E-state index in [0.29, 0.717) is 42.0 Å². The summed E-state index contributed by atoms with van der Waals surface area (Å²) in [6, 6.07) is 9.98. The predicted octanol–water partition coefficient (Wildman–Crippen LogP) is 2.06. The molecule has 0 bridgehead atoms. The van der Waals surface area contributed by atoms with Gasteiger partial charge in [-0.05, 0) is 59.7 Å². The molecule has 1 saturated heterocycles. The molecule has 1 atom stereocenters. The maximum Gasteiger partial charge on any atom is 0.251 e. The maximum atomic E-state index is 14.7. The van der Waals surface area contributed by atoms with Gasteiger partial charge in [-0.2, -0.15) is 0 Å². The lowest BCUT2D eigenvalue weighted by molar-refractivity contribution is -0.130. The van der Waals surface area contributed by atoms with Gasteiger partial charge in [0.25, 0.3) is 5.91 Å². The Morgan fingerprint density at radius 2 is 1.88 bits per heavy atom. The summed E-state index contributed by atoms with van der Waals surface area (Å²) in [5.41, 5.74) is 2.71. The lowest BCUT2D eigenvalue weighted by Crippen LogP contribution is -2.51. The number of aromatic nitrogens is 4. The molecule has 10 heteroatoms. The monoisotopic (exact) mass is 465 g/mol. The Morgan fingerprint density at radius 1 is 1.12 bits per heavy atom. The van der Waals surface area contributed by atoms with Crippen LogP contribution in [0.25, 0.3) is 16.8 Å². The standard InChI is InChI=1S/C24H28FN7O2/c1-16-4-5-22(23(25)10-16)19-11-20(13-21(12-19)32-15-26-28-29-32)24(34)27-17(2)14-30-6-8-31(9-7-30)18(3)33/h4-5,10-13,15,17H,6-9,14H2,1-3H3,(H,27,34)/t17-/m1/s1. The fourth-order valence-electron chi connectivity index (χ4n) is 4.15. The van der Waals surface area contributed by atoms with Crippen LogP contribution in [0.1, 0.15) is 29.8 Å². The SMILES string of the molecule is CC(=O)N1CCN(C[C@@H](C)NC(=O)c2cc(-c3ccc(C)cc3F)cc(-n3cnnn3)c2)CC1. The van der Waals surface area contributed by atoms with E-state index in [2.05, 4.69) is 25.7 Å². The van der Waals surface area contributed by atoms with Gasteiger partial charge in [0, 0.05) is 56.8 Å². The van der Waals surface area contributed by atoms with Gasteiger partial charge in [0.05, 0.1) is 5.69 Å². The van der Waals surface area contributed by atoms with E-state index in [9.17, 15) is 14.0 Å². The van der Waals surface area contributed by atoms with Crippen LogP contribution in [0.5, 0.6) is 0 Å². The lowest BCUT2D eigenvalue weighted by Gasteiger charge is -2.35. The summed E-state index contributed by atoms with van der Waals surface area (Å²) in [6.45, 7) is 8.94. The van der Waals surface area contributed by atoms with E-state index in [-0.39, 0.29) is 23.7 Å². The number of nitrogens with zero attached hydrogens (tertiary/aromatic N) is 6. The molecule has 9 nitrogen and oxygen atoms in total. The zero-order chi connectivity index (χ0) is 24.2. The Morgan fingerprint density at radius 3 is 2.53 bits per heavy atom. The molecule has 1 fully saturated rings. The second-order valence-corrected chi connectivity index (χ2v) is 8.69. The highest BCUT2D eigenvalue weighted by Gasteiger charge is 2.21. The molecule has 2 heterocycles. The van der Waals surface area contributed by atoms with E-state index in [0.717, 1.165) is 18.7 Å². The number of benzene rings is 2. The zero-order valence-corrected chi connectivity index (χ0v) is 19.5. The first-order valence-corrected chi connectivity index (χ1v) is 11.2. The maximum absolute atomic E-state index is 14.7. The van der Waals surface area contributed by atoms with Gasteiger partial charge in [0.15, 0.2) is 0 Å². The molecular weight excluding hydrogens is 437 g/mol. The zero-order valence-electron chi connectivity index (χ0n) is 19.5. The largest absolute Gasteiger partial charge is 0.348 e. The third kappa shape index (κ3) is 5.45. The number of carbonyl (C=O) groups excluding carboxylic acids is 2. The molecule has 2 aromatic carbocycles. The van der Waals surface area contributed by atoms with E-state index in [4.69, 9.17) is 0 Å². The van der Waals surface area contributed by atoms with Crippen LogP contribution in [0.15, 0.2) is 42.7 Å². The second kappa shape index (κ2) is 10.1. The van der Waals surface area contributed by atoms with Crippen molar-refractivity contribution in [3.8, 4) is 16.8 Å². The van der Waals surface area contributed by atoms with E-state index in [1.54, 1.807) is 31.2 Å². The number of carbonyl (C=O) groups is 2. The van der Waals surface area contributed by atoms with E-state index in [1.165, 1.54) is 17.1 Å². The van der Waals surface area contributed by atoms with Gasteiger partial charge in [0.1, 0.15) is 12.1 Å². The summed E-state index contributed by atoms with van der Waals surface area (Å²) in [6.07, 6.45) is 1.43. The number of piperazine rings is 1. The average molecular weight is 466 g/mol. The first kappa shape index (κ1) is 23.5. The number of aryl methyl sites for hydroxylation is 1. The van der Waals surface area contributed by atoms with Crippen molar-refractivity contribution in [3.05, 3.63) is 59.7 Å². The van der Waals surface area contributed by atoms with Crippen LogP contribution in [-0.2, 0) is 4.79 Å².